The number of halogens is 3. The van der Waals surface area contributed by atoms with Crippen molar-refractivity contribution in [1.29, 1.82) is 0 Å². The number of ether oxygens (including phenoxy) is 1. The zero-order valence-electron chi connectivity index (χ0n) is 21.8. The summed E-state index contributed by atoms with van der Waals surface area (Å²) in [6.45, 7) is 9.22. The monoisotopic (exact) mass is 586 g/mol. The third-order valence-corrected chi connectivity index (χ3v) is 8.42. The van der Waals surface area contributed by atoms with Crippen molar-refractivity contribution in [3.8, 4) is 0 Å². The van der Waals surface area contributed by atoms with Crippen LogP contribution in [0.3, 0.4) is 0 Å². The Morgan fingerprint density at radius 3 is 2.39 bits per heavy atom. The number of anilines is 2. The summed E-state index contributed by atoms with van der Waals surface area (Å²) in [6.07, 6.45) is 0. The summed E-state index contributed by atoms with van der Waals surface area (Å²) in [5.74, 6) is -2.14. The highest BCUT2D eigenvalue weighted by Gasteiger charge is 2.45. The molecule has 1 fully saturated rings. The molecule has 2 N–H and O–H groups in total. The van der Waals surface area contributed by atoms with Crippen LogP contribution in [-0.4, -0.2) is 65.9 Å². The average molecular weight is 588 g/mol. The van der Waals surface area contributed by atoms with Crippen LogP contribution in [0.15, 0.2) is 18.2 Å². The van der Waals surface area contributed by atoms with E-state index in [1.54, 1.807) is 19.9 Å². The van der Waals surface area contributed by atoms with Crippen LogP contribution in [0, 0.1) is 5.82 Å². The van der Waals surface area contributed by atoms with Crippen molar-refractivity contribution in [2.45, 2.75) is 45.6 Å². The first kappa shape index (κ1) is 29.7. The highest BCUT2D eigenvalue weighted by Crippen LogP contribution is 2.38. The lowest BCUT2D eigenvalue weighted by molar-refractivity contribution is -0.154. The number of piperazine rings is 1. The molecular weight excluding hydrogens is 558 g/mol. The fourth-order valence-electron chi connectivity index (χ4n) is 3.87. The summed E-state index contributed by atoms with van der Waals surface area (Å²) in [5.41, 5.74) is -1.30. The van der Waals surface area contributed by atoms with E-state index in [0.717, 1.165) is 10.9 Å². The summed E-state index contributed by atoms with van der Waals surface area (Å²) in [6, 6.07) is 3.32. The first-order valence-electron chi connectivity index (χ1n) is 11.6. The van der Waals surface area contributed by atoms with E-state index in [1.165, 1.54) is 34.3 Å². The molecule has 1 aliphatic rings. The van der Waals surface area contributed by atoms with Gasteiger partial charge in [-0.2, -0.15) is 0 Å². The molecule has 0 radical (unpaired) electrons. The maximum absolute atomic E-state index is 13.8. The van der Waals surface area contributed by atoms with Crippen LogP contribution in [-0.2, 0) is 19.7 Å². The Hall–Kier alpha value is -2.89. The second-order valence-corrected chi connectivity index (χ2v) is 12.0. The van der Waals surface area contributed by atoms with E-state index in [1.807, 2.05) is 20.8 Å². The molecule has 38 heavy (non-hydrogen) atoms. The molecule has 0 aliphatic carbocycles. The van der Waals surface area contributed by atoms with Crippen molar-refractivity contribution in [1.82, 2.24) is 9.80 Å². The predicted octanol–water partition coefficient (Wildman–Crippen LogP) is 5.37. The van der Waals surface area contributed by atoms with Gasteiger partial charge in [-0.25, -0.2) is 9.18 Å². The van der Waals surface area contributed by atoms with E-state index >= 15 is 0 Å². The largest absolute Gasteiger partial charge is 0.468 e. The Morgan fingerprint density at radius 1 is 1.13 bits per heavy atom. The lowest BCUT2D eigenvalue weighted by atomic mass is 9.93. The number of amides is 4. The van der Waals surface area contributed by atoms with Crippen LogP contribution in [0.5, 0.6) is 0 Å². The Labute approximate surface area is 234 Å². The Kier molecular flexibility index (Phi) is 8.64. The van der Waals surface area contributed by atoms with E-state index < -0.39 is 35.2 Å². The Balaban J connectivity index is 1.90. The molecule has 1 aliphatic heterocycles. The predicted molar refractivity (Wildman–Crippen MR) is 146 cm³/mol. The van der Waals surface area contributed by atoms with Gasteiger partial charge in [-0.3, -0.25) is 19.7 Å². The lowest BCUT2D eigenvalue weighted by Gasteiger charge is -2.45. The van der Waals surface area contributed by atoms with Gasteiger partial charge < -0.3 is 19.9 Å². The van der Waals surface area contributed by atoms with Crippen LogP contribution in [0.1, 0.15) is 49.9 Å². The SMILES string of the molecule is COC(=O)CN1CCN(C(=O)c2cc(C(C)(C)C)sc2NC(=O)Nc2ccc(F)c(Cl)c2Cl)C(C)(C)C1=O. The lowest BCUT2D eigenvalue weighted by Crippen LogP contribution is -2.65. The number of rotatable bonds is 5. The molecule has 2 heterocycles. The van der Waals surface area contributed by atoms with E-state index in [0.29, 0.717) is 0 Å². The topological polar surface area (TPSA) is 108 Å². The minimum Gasteiger partial charge on any atom is -0.468 e. The van der Waals surface area contributed by atoms with Gasteiger partial charge in [-0.1, -0.05) is 44.0 Å². The molecule has 0 saturated carbocycles. The second kappa shape index (κ2) is 11.1. The van der Waals surface area contributed by atoms with Crippen molar-refractivity contribution < 1.29 is 28.3 Å². The summed E-state index contributed by atoms with van der Waals surface area (Å²) < 4.78 is 18.3. The number of nitrogens with one attached hydrogen (secondary N) is 2. The normalized spacial score (nSPS) is 15.3. The average Bonchev–Trinajstić information content (AvgIpc) is 3.26. The molecule has 9 nitrogen and oxygen atoms in total. The number of methoxy groups -OCH3 is 1. The molecule has 0 bridgehead atoms. The first-order chi connectivity index (χ1) is 17.6. The van der Waals surface area contributed by atoms with Crippen molar-refractivity contribution >= 4 is 69.0 Å². The number of benzene rings is 1. The second-order valence-electron chi connectivity index (χ2n) is 10.2. The molecular formula is C25H29Cl2FN4O5S. The highest BCUT2D eigenvalue weighted by atomic mass is 35.5. The van der Waals surface area contributed by atoms with Gasteiger partial charge >= 0.3 is 12.0 Å². The first-order valence-corrected chi connectivity index (χ1v) is 13.2. The third kappa shape index (κ3) is 6.05. The maximum atomic E-state index is 13.8. The number of nitrogens with zero attached hydrogens (tertiary/aromatic N) is 2. The molecule has 206 valence electrons. The number of hydrogen-bond donors (Lipinski definition) is 2. The summed E-state index contributed by atoms with van der Waals surface area (Å²) in [5, 5.41) is 4.97. The Morgan fingerprint density at radius 2 is 1.79 bits per heavy atom. The quantitative estimate of drug-likeness (QED) is 0.361. The van der Waals surface area contributed by atoms with Gasteiger partial charge in [-0.05, 0) is 37.5 Å². The molecule has 1 aromatic heterocycles. The van der Waals surface area contributed by atoms with Gasteiger partial charge in [-0.15, -0.1) is 11.3 Å². The Bertz CT molecular complexity index is 1290. The van der Waals surface area contributed by atoms with Crippen LogP contribution >= 0.6 is 34.5 Å². The van der Waals surface area contributed by atoms with E-state index in [2.05, 4.69) is 15.4 Å². The third-order valence-electron chi connectivity index (χ3n) is 6.08. The molecule has 3 rings (SSSR count). The van der Waals surface area contributed by atoms with Gasteiger partial charge in [0.25, 0.3) is 5.91 Å². The molecule has 13 heteroatoms. The standard InChI is InChI=1S/C25H29Cl2FN4O5S/c1-24(2,3)16-11-13(20(38-16)30-23(36)29-15-8-7-14(28)18(26)19(15)27)21(34)32-10-9-31(12-17(33)37-6)22(35)25(32,4)5/h7-8,11H,9-10,12H2,1-6H3,(H2,29,30,36). The molecule has 4 amide bonds. The highest BCUT2D eigenvalue weighted by molar-refractivity contribution is 7.16. The van der Waals surface area contributed by atoms with Gasteiger partial charge in [0.1, 0.15) is 22.9 Å². The fraction of sp³-hybridized carbons (Fsp3) is 0.440. The maximum Gasteiger partial charge on any atom is 0.325 e. The van der Waals surface area contributed by atoms with Gasteiger partial charge in [0, 0.05) is 18.0 Å². The summed E-state index contributed by atoms with van der Waals surface area (Å²) in [7, 11) is 1.24. The molecule has 0 spiro atoms. The fourth-order valence-corrected chi connectivity index (χ4v) is 5.34. The number of carbonyl (C=O) groups is 4. The molecule has 1 aromatic carbocycles. The van der Waals surface area contributed by atoms with Crippen molar-refractivity contribution in [2.75, 3.05) is 37.4 Å². The van der Waals surface area contributed by atoms with Crippen LogP contribution < -0.4 is 10.6 Å². The van der Waals surface area contributed by atoms with Gasteiger partial charge in [0.15, 0.2) is 0 Å². The van der Waals surface area contributed by atoms with Crippen molar-refractivity contribution in [3.63, 3.8) is 0 Å². The van der Waals surface area contributed by atoms with Gasteiger partial charge in [0.05, 0.1) is 28.4 Å². The minimum absolute atomic E-state index is 0.0875. The van der Waals surface area contributed by atoms with Crippen molar-refractivity contribution in [2.24, 2.45) is 0 Å². The van der Waals surface area contributed by atoms with Crippen LogP contribution in [0.25, 0.3) is 0 Å². The molecule has 2 aromatic rings. The number of esters is 1. The molecule has 0 atom stereocenters. The molecule has 1 saturated heterocycles. The van der Waals surface area contributed by atoms with E-state index in [-0.39, 0.29) is 51.3 Å². The van der Waals surface area contributed by atoms with E-state index in [9.17, 15) is 23.6 Å². The number of hydrogen-bond acceptors (Lipinski definition) is 6. The number of urea groups is 1. The zero-order valence-corrected chi connectivity index (χ0v) is 24.2. The van der Waals surface area contributed by atoms with Gasteiger partial charge in [0.2, 0.25) is 5.91 Å². The molecule has 0 unspecified atom stereocenters. The zero-order chi connectivity index (χ0) is 28.6. The summed E-state index contributed by atoms with van der Waals surface area (Å²) >= 11 is 13.1. The summed E-state index contributed by atoms with van der Waals surface area (Å²) in [4.78, 5) is 55.1. The van der Waals surface area contributed by atoms with E-state index in [4.69, 9.17) is 23.2 Å². The minimum atomic E-state index is -1.26. The van der Waals surface area contributed by atoms with Crippen LogP contribution in [0.2, 0.25) is 10.0 Å². The smallest absolute Gasteiger partial charge is 0.325 e. The van der Waals surface area contributed by atoms with Crippen molar-refractivity contribution in [3.05, 3.63) is 44.5 Å². The number of carbonyl (C=O) groups excluding carboxylic acids is 4. The number of thiophene rings is 1. The van der Waals surface area contributed by atoms with Crippen LogP contribution in [0.4, 0.5) is 19.9 Å².